The van der Waals surface area contributed by atoms with Gasteiger partial charge in [-0.05, 0) is 68.9 Å². The number of hydrogen-bond acceptors (Lipinski definition) is 3. The number of carbonyl (C=O) groups is 1. The summed E-state index contributed by atoms with van der Waals surface area (Å²) >= 11 is 0. The Hall–Kier alpha value is -1.97. The number of fused-ring (bicyclic) bond motifs is 1. The lowest BCUT2D eigenvalue weighted by Crippen LogP contribution is -2.53. The molecule has 0 radical (unpaired) electrons. The van der Waals surface area contributed by atoms with Crippen LogP contribution in [0.5, 0.6) is 0 Å². The Kier molecular flexibility index (Phi) is 10.1. The quantitative estimate of drug-likeness (QED) is 0.457. The summed E-state index contributed by atoms with van der Waals surface area (Å²) in [5.74, 6) is 1.26. The fraction of sp³-hybridized carbons (Fsp3) is 0.581. The summed E-state index contributed by atoms with van der Waals surface area (Å²) in [6.07, 6.45) is 12.3. The number of hydrogen-bond donors (Lipinski definition) is 2. The lowest BCUT2D eigenvalue weighted by atomic mass is 9.79. The van der Waals surface area contributed by atoms with E-state index in [1.54, 1.807) is 0 Å². The van der Waals surface area contributed by atoms with Crippen LogP contribution in [-0.4, -0.2) is 28.6 Å². The van der Waals surface area contributed by atoms with Gasteiger partial charge in [0.2, 0.25) is 0 Å². The molecular formula is C31H47NO2. The summed E-state index contributed by atoms with van der Waals surface area (Å²) in [6.45, 7) is 21.1. The summed E-state index contributed by atoms with van der Waals surface area (Å²) in [5, 5.41) is 15.1. The van der Waals surface area contributed by atoms with Crippen molar-refractivity contribution in [3.63, 3.8) is 0 Å². The number of aliphatic hydroxyl groups is 1. The van der Waals surface area contributed by atoms with Crippen LogP contribution in [-0.2, 0) is 0 Å². The molecule has 2 N–H and O–H groups in total. The number of aryl methyl sites for hydroxylation is 2. The normalized spacial score (nSPS) is 30.8. The predicted octanol–water partition coefficient (Wildman–Crippen LogP) is 7.07. The molecule has 1 aromatic rings. The minimum absolute atomic E-state index is 0.161. The third-order valence-corrected chi connectivity index (χ3v) is 7.61. The van der Waals surface area contributed by atoms with E-state index in [9.17, 15) is 9.90 Å². The molecule has 0 aliphatic heterocycles. The van der Waals surface area contributed by atoms with Gasteiger partial charge in [0.1, 0.15) is 0 Å². The Morgan fingerprint density at radius 3 is 2.44 bits per heavy atom. The van der Waals surface area contributed by atoms with E-state index in [0.29, 0.717) is 18.3 Å². The SMILES string of the molecule is C=CC(C)(C)NC1C(O)/C=C/c2cc(C)cc(C)c2C(=O)CC(C)[C@H](C)/C=C\C(CCC)C1C. The summed E-state index contributed by atoms with van der Waals surface area (Å²) in [7, 11) is 0. The van der Waals surface area contributed by atoms with Crippen molar-refractivity contribution in [1.29, 1.82) is 0 Å². The zero-order valence-corrected chi connectivity index (χ0v) is 22.7. The van der Waals surface area contributed by atoms with Gasteiger partial charge in [0.15, 0.2) is 5.78 Å². The highest BCUT2D eigenvalue weighted by Crippen LogP contribution is 2.30. The number of Topliss-reactive ketones (excluding diaryl/α,β-unsaturated/α-hetero) is 1. The van der Waals surface area contributed by atoms with Crippen LogP contribution >= 0.6 is 0 Å². The van der Waals surface area contributed by atoms with Gasteiger partial charge in [0.25, 0.3) is 0 Å². The van der Waals surface area contributed by atoms with Crippen LogP contribution in [0.15, 0.2) is 43.0 Å². The van der Waals surface area contributed by atoms with E-state index in [1.165, 1.54) is 0 Å². The Morgan fingerprint density at radius 2 is 1.82 bits per heavy atom. The lowest BCUT2D eigenvalue weighted by molar-refractivity contribution is 0.0955. The van der Waals surface area contributed by atoms with Crippen LogP contribution in [0.1, 0.15) is 87.9 Å². The minimum atomic E-state index is -0.704. The molecule has 6 atom stereocenters. The molecule has 0 saturated heterocycles. The Balaban J connectivity index is 2.64. The molecule has 188 valence electrons. The molecule has 34 heavy (non-hydrogen) atoms. The number of benzene rings is 1. The number of nitrogens with one attached hydrogen (secondary N) is 1. The molecular weight excluding hydrogens is 418 g/mol. The maximum atomic E-state index is 13.4. The molecule has 3 heteroatoms. The molecule has 0 saturated carbocycles. The van der Waals surface area contributed by atoms with Crippen molar-refractivity contribution in [2.24, 2.45) is 23.7 Å². The molecule has 0 heterocycles. The summed E-state index contributed by atoms with van der Waals surface area (Å²) in [6, 6.07) is 3.97. The maximum Gasteiger partial charge on any atom is 0.164 e. The van der Waals surface area contributed by atoms with Crippen LogP contribution in [0.25, 0.3) is 6.08 Å². The second kappa shape index (κ2) is 12.1. The highest BCUT2D eigenvalue weighted by Gasteiger charge is 2.32. The number of carbonyl (C=O) groups excluding carboxylic acids is 1. The van der Waals surface area contributed by atoms with Gasteiger partial charge in [-0.15, -0.1) is 6.58 Å². The second-order valence-electron chi connectivity index (χ2n) is 11.2. The van der Waals surface area contributed by atoms with Crippen molar-refractivity contribution >= 4 is 11.9 Å². The Bertz CT molecular complexity index is 910. The number of allylic oxidation sites excluding steroid dienone is 2. The van der Waals surface area contributed by atoms with Crippen molar-refractivity contribution in [3.8, 4) is 0 Å². The lowest BCUT2D eigenvalue weighted by Gasteiger charge is -2.38. The van der Waals surface area contributed by atoms with Crippen molar-refractivity contribution in [2.45, 2.75) is 92.3 Å². The second-order valence-corrected chi connectivity index (χ2v) is 11.2. The highest BCUT2D eigenvalue weighted by atomic mass is 16.3. The smallest absolute Gasteiger partial charge is 0.164 e. The number of rotatable bonds is 5. The number of aliphatic hydroxyl groups excluding tert-OH is 1. The van der Waals surface area contributed by atoms with Gasteiger partial charge in [-0.25, -0.2) is 0 Å². The third kappa shape index (κ3) is 7.26. The maximum absolute atomic E-state index is 13.4. The van der Waals surface area contributed by atoms with Crippen LogP contribution in [0, 0.1) is 37.5 Å². The fourth-order valence-corrected chi connectivity index (χ4v) is 5.07. The van der Waals surface area contributed by atoms with E-state index >= 15 is 0 Å². The van der Waals surface area contributed by atoms with E-state index in [2.05, 4.69) is 84.6 Å². The van der Waals surface area contributed by atoms with Gasteiger partial charge in [-0.2, -0.15) is 0 Å². The molecule has 3 nitrogen and oxygen atoms in total. The average molecular weight is 466 g/mol. The standard InChI is InChI=1S/C31H47NO2/c1-10-12-25-14-13-21(4)22(5)19-28(34)29-23(6)17-20(3)18-26(29)15-16-27(33)30(24(25)7)32-31(8,9)11-2/h11,13-18,21-22,24-25,27,30,32-33H,2,10,12,19H2,1,3-9H3/b14-13-,16-15+/t21-,22?,24?,25?,27?,30?/m1/s1. The minimum Gasteiger partial charge on any atom is -0.387 e. The Morgan fingerprint density at radius 1 is 1.15 bits per heavy atom. The summed E-state index contributed by atoms with van der Waals surface area (Å²) < 4.78 is 0. The first-order valence-corrected chi connectivity index (χ1v) is 13.0. The van der Waals surface area contributed by atoms with E-state index in [-0.39, 0.29) is 29.2 Å². The van der Waals surface area contributed by atoms with Gasteiger partial charge in [0, 0.05) is 23.6 Å². The molecule has 2 rings (SSSR count). The fourth-order valence-electron chi connectivity index (χ4n) is 5.07. The molecule has 0 aromatic heterocycles. The molecule has 1 aliphatic rings. The Labute approximate surface area is 208 Å². The summed E-state index contributed by atoms with van der Waals surface area (Å²) in [4.78, 5) is 13.4. The highest BCUT2D eigenvalue weighted by molar-refractivity contribution is 6.01. The van der Waals surface area contributed by atoms with Crippen LogP contribution < -0.4 is 5.32 Å². The first-order valence-electron chi connectivity index (χ1n) is 13.0. The largest absolute Gasteiger partial charge is 0.387 e. The van der Waals surface area contributed by atoms with E-state index in [1.807, 2.05) is 25.2 Å². The molecule has 1 aliphatic carbocycles. The first kappa shape index (κ1) is 28.3. The van der Waals surface area contributed by atoms with Crippen LogP contribution in [0.4, 0.5) is 0 Å². The van der Waals surface area contributed by atoms with Crippen LogP contribution in [0.2, 0.25) is 0 Å². The molecule has 0 spiro atoms. The van der Waals surface area contributed by atoms with Gasteiger partial charge in [-0.1, -0.05) is 82.2 Å². The van der Waals surface area contributed by atoms with Crippen molar-refractivity contribution in [1.82, 2.24) is 5.32 Å². The monoisotopic (exact) mass is 465 g/mol. The van der Waals surface area contributed by atoms with E-state index in [4.69, 9.17) is 0 Å². The van der Waals surface area contributed by atoms with Crippen molar-refractivity contribution in [2.75, 3.05) is 0 Å². The van der Waals surface area contributed by atoms with Crippen molar-refractivity contribution < 1.29 is 9.90 Å². The van der Waals surface area contributed by atoms with Gasteiger partial charge < -0.3 is 10.4 Å². The van der Waals surface area contributed by atoms with Crippen LogP contribution in [0.3, 0.4) is 0 Å². The summed E-state index contributed by atoms with van der Waals surface area (Å²) in [5.41, 5.74) is 3.48. The predicted molar refractivity (Wildman–Crippen MR) is 146 cm³/mol. The molecule has 0 amide bonds. The molecule has 0 bridgehead atoms. The molecule has 1 aromatic carbocycles. The van der Waals surface area contributed by atoms with Gasteiger partial charge in [0.05, 0.1) is 6.10 Å². The zero-order valence-electron chi connectivity index (χ0n) is 22.7. The van der Waals surface area contributed by atoms with E-state index in [0.717, 1.165) is 35.1 Å². The topological polar surface area (TPSA) is 49.3 Å². The third-order valence-electron chi connectivity index (χ3n) is 7.61. The molecule has 0 fully saturated rings. The zero-order chi connectivity index (χ0) is 25.6. The van der Waals surface area contributed by atoms with Gasteiger partial charge in [-0.3, -0.25) is 4.79 Å². The van der Waals surface area contributed by atoms with Gasteiger partial charge >= 0.3 is 0 Å². The number of ketones is 1. The average Bonchev–Trinajstić information content (AvgIpc) is 2.76. The first-order chi connectivity index (χ1) is 15.9. The molecule has 5 unspecified atom stereocenters. The van der Waals surface area contributed by atoms with Crippen molar-refractivity contribution in [3.05, 3.63) is 65.3 Å². The van der Waals surface area contributed by atoms with E-state index < -0.39 is 6.10 Å².